The summed E-state index contributed by atoms with van der Waals surface area (Å²) in [5.74, 6) is 1.26. The van der Waals surface area contributed by atoms with Gasteiger partial charge in [-0.05, 0) is 75.2 Å². The maximum absolute atomic E-state index is 13.5. The summed E-state index contributed by atoms with van der Waals surface area (Å²) in [7, 11) is 0. The Morgan fingerprint density at radius 3 is 2.76 bits per heavy atom. The molecule has 9 heteroatoms. The third kappa shape index (κ3) is 4.41. The molecule has 4 aromatic rings. The number of carbonyl (C=O) groups excluding carboxylic acids is 2. The first-order valence-corrected chi connectivity index (χ1v) is 13.2. The first-order chi connectivity index (χ1) is 18.0. The molecule has 6 rings (SSSR count). The molecule has 2 atom stereocenters. The summed E-state index contributed by atoms with van der Waals surface area (Å²) in [5.41, 5.74) is 2.85. The lowest BCUT2D eigenvalue weighted by Crippen LogP contribution is -2.46. The Morgan fingerprint density at radius 2 is 1.97 bits per heavy atom. The lowest BCUT2D eigenvalue weighted by atomic mass is 10.0. The Bertz CT molecular complexity index is 1500. The number of para-hydroxylation sites is 1. The number of aromatic nitrogens is 1. The number of nitrogens with one attached hydrogen (secondary N) is 3. The second kappa shape index (κ2) is 9.49. The minimum absolute atomic E-state index is 0.101. The molecule has 188 valence electrons. The minimum Gasteiger partial charge on any atom is -0.457 e. The number of benzene rings is 2. The van der Waals surface area contributed by atoms with Crippen molar-refractivity contribution in [2.75, 3.05) is 16.8 Å². The molecular formula is C28H27N5O3S. The van der Waals surface area contributed by atoms with Gasteiger partial charge in [0.1, 0.15) is 21.2 Å². The highest BCUT2D eigenvalue weighted by molar-refractivity contribution is 7.21. The molecule has 2 aliphatic rings. The maximum Gasteiger partial charge on any atom is 0.331 e. The van der Waals surface area contributed by atoms with Crippen LogP contribution in [-0.2, 0) is 0 Å². The van der Waals surface area contributed by atoms with E-state index >= 15 is 0 Å². The summed E-state index contributed by atoms with van der Waals surface area (Å²) in [5, 5.41) is 10.3. The Hall–Kier alpha value is -3.95. The van der Waals surface area contributed by atoms with Gasteiger partial charge in [0.2, 0.25) is 0 Å². The number of thiophene rings is 1. The molecule has 0 radical (unpaired) electrons. The zero-order valence-electron chi connectivity index (χ0n) is 20.6. The smallest absolute Gasteiger partial charge is 0.331 e. The maximum atomic E-state index is 13.5. The van der Waals surface area contributed by atoms with Crippen LogP contribution in [0.3, 0.4) is 0 Å². The van der Waals surface area contributed by atoms with E-state index in [1.165, 1.54) is 11.3 Å². The van der Waals surface area contributed by atoms with E-state index in [1.807, 2.05) is 61.5 Å². The van der Waals surface area contributed by atoms with Gasteiger partial charge < -0.3 is 20.7 Å². The van der Waals surface area contributed by atoms with Gasteiger partial charge in [-0.2, -0.15) is 0 Å². The van der Waals surface area contributed by atoms with E-state index in [4.69, 9.17) is 4.74 Å². The summed E-state index contributed by atoms with van der Waals surface area (Å²) >= 11 is 1.31. The number of urea groups is 1. The Balaban J connectivity index is 1.33. The van der Waals surface area contributed by atoms with Crippen molar-refractivity contribution in [3.63, 3.8) is 0 Å². The minimum atomic E-state index is -0.317. The van der Waals surface area contributed by atoms with Gasteiger partial charge >= 0.3 is 6.03 Å². The molecule has 2 aromatic carbocycles. The normalized spacial score (nSPS) is 19.0. The van der Waals surface area contributed by atoms with Gasteiger partial charge in [0, 0.05) is 18.3 Å². The summed E-state index contributed by atoms with van der Waals surface area (Å²) in [4.78, 5) is 34.1. The van der Waals surface area contributed by atoms with E-state index in [9.17, 15) is 9.59 Å². The molecule has 3 amide bonds. The molecule has 2 aliphatic heterocycles. The first kappa shape index (κ1) is 23.4. The van der Waals surface area contributed by atoms with Crippen LogP contribution in [0.15, 0.2) is 60.8 Å². The number of carbonyl (C=O) groups is 2. The van der Waals surface area contributed by atoms with Crippen molar-refractivity contribution in [2.24, 2.45) is 0 Å². The third-order valence-corrected chi connectivity index (χ3v) is 7.90. The van der Waals surface area contributed by atoms with E-state index < -0.39 is 0 Å². The molecule has 0 bridgehead atoms. The molecule has 2 aromatic heterocycles. The van der Waals surface area contributed by atoms with Crippen molar-refractivity contribution in [3.8, 4) is 11.5 Å². The Kier molecular flexibility index (Phi) is 6.02. The largest absolute Gasteiger partial charge is 0.457 e. The van der Waals surface area contributed by atoms with Crippen molar-refractivity contribution >= 4 is 50.6 Å². The number of ether oxygens (including phenoxy) is 1. The zero-order chi connectivity index (χ0) is 25.5. The van der Waals surface area contributed by atoms with Gasteiger partial charge in [0.05, 0.1) is 22.4 Å². The van der Waals surface area contributed by atoms with Crippen LogP contribution in [0.5, 0.6) is 11.5 Å². The standard InChI is InChI=1S/C28H27N5O3S/c1-16-14-20(36-19-6-4-3-5-7-19)8-9-21(16)33-22-11-13-30-27-23(22)24(32-28(33)35)25(37-27)26(34)31-18-10-12-29-17(2)15-18/h3-9,11,13-14,17-18,29H,10,12,15H2,1-2H3,(H,31,34)(H,32,35)/t17?,18-/m0/s1. The van der Waals surface area contributed by atoms with Crippen LogP contribution in [-0.4, -0.2) is 35.6 Å². The lowest BCUT2D eigenvalue weighted by Gasteiger charge is -2.30. The molecule has 0 saturated carbocycles. The summed E-state index contributed by atoms with van der Waals surface area (Å²) in [6.45, 7) is 4.94. The van der Waals surface area contributed by atoms with Crippen LogP contribution in [0.2, 0.25) is 0 Å². The zero-order valence-corrected chi connectivity index (χ0v) is 21.4. The van der Waals surface area contributed by atoms with Gasteiger partial charge in [-0.3, -0.25) is 9.69 Å². The number of pyridine rings is 1. The van der Waals surface area contributed by atoms with Crippen LogP contribution in [0.25, 0.3) is 10.2 Å². The molecule has 8 nitrogen and oxygen atoms in total. The fourth-order valence-electron chi connectivity index (χ4n) is 5.06. The van der Waals surface area contributed by atoms with Crippen LogP contribution >= 0.6 is 11.3 Å². The quantitative estimate of drug-likeness (QED) is 0.306. The van der Waals surface area contributed by atoms with E-state index in [2.05, 4.69) is 27.9 Å². The average molecular weight is 514 g/mol. The second-order valence-corrected chi connectivity index (χ2v) is 10.5. The van der Waals surface area contributed by atoms with E-state index in [0.717, 1.165) is 41.8 Å². The van der Waals surface area contributed by atoms with Crippen molar-refractivity contribution in [1.82, 2.24) is 15.6 Å². The molecule has 1 saturated heterocycles. The average Bonchev–Trinajstić information content (AvgIpc) is 3.25. The molecule has 1 unspecified atom stereocenters. The number of aryl methyl sites for hydroxylation is 1. The van der Waals surface area contributed by atoms with Gasteiger partial charge in [0.15, 0.2) is 0 Å². The predicted octanol–water partition coefficient (Wildman–Crippen LogP) is 5.95. The van der Waals surface area contributed by atoms with E-state index in [0.29, 0.717) is 32.9 Å². The van der Waals surface area contributed by atoms with Crippen LogP contribution < -0.4 is 25.6 Å². The third-order valence-electron chi connectivity index (χ3n) is 6.80. The van der Waals surface area contributed by atoms with Crippen LogP contribution in [0, 0.1) is 6.92 Å². The number of hydrogen-bond donors (Lipinski definition) is 3. The summed E-state index contributed by atoms with van der Waals surface area (Å²) in [6.07, 6.45) is 3.43. The number of anilines is 3. The van der Waals surface area contributed by atoms with E-state index in [1.54, 1.807) is 11.1 Å². The highest BCUT2D eigenvalue weighted by atomic mass is 32.1. The molecule has 4 heterocycles. The highest BCUT2D eigenvalue weighted by Crippen LogP contribution is 2.46. The molecule has 3 N–H and O–H groups in total. The highest BCUT2D eigenvalue weighted by Gasteiger charge is 2.34. The molecule has 1 fully saturated rings. The van der Waals surface area contributed by atoms with Crippen molar-refractivity contribution in [3.05, 3.63) is 71.2 Å². The molecular weight excluding hydrogens is 486 g/mol. The predicted molar refractivity (Wildman–Crippen MR) is 146 cm³/mol. The van der Waals surface area contributed by atoms with Gasteiger partial charge in [0.25, 0.3) is 5.91 Å². The fourth-order valence-corrected chi connectivity index (χ4v) is 6.09. The van der Waals surface area contributed by atoms with Crippen LogP contribution in [0.4, 0.5) is 21.9 Å². The van der Waals surface area contributed by atoms with Crippen molar-refractivity contribution in [2.45, 2.75) is 38.8 Å². The van der Waals surface area contributed by atoms with Gasteiger partial charge in [-0.15, -0.1) is 11.3 Å². The lowest BCUT2D eigenvalue weighted by molar-refractivity contribution is 0.0930. The molecule has 37 heavy (non-hydrogen) atoms. The number of amides is 3. The van der Waals surface area contributed by atoms with Gasteiger partial charge in [-0.25, -0.2) is 9.78 Å². The van der Waals surface area contributed by atoms with Crippen molar-refractivity contribution < 1.29 is 14.3 Å². The summed E-state index contributed by atoms with van der Waals surface area (Å²) < 4.78 is 5.97. The Labute approximate surface area is 218 Å². The second-order valence-electron chi connectivity index (χ2n) is 9.50. The fraction of sp³-hybridized carbons (Fsp3) is 0.250. The Morgan fingerprint density at radius 1 is 1.14 bits per heavy atom. The number of hydrogen-bond acceptors (Lipinski definition) is 6. The monoisotopic (exact) mass is 513 g/mol. The number of nitrogens with zero attached hydrogens (tertiary/aromatic N) is 2. The number of rotatable bonds is 5. The topological polar surface area (TPSA) is 95.6 Å². The summed E-state index contributed by atoms with van der Waals surface area (Å²) in [6, 6.07) is 17.2. The molecule has 0 aliphatic carbocycles. The SMILES string of the molecule is Cc1cc(Oc2ccccc2)ccc1N1C(=O)Nc2c(C(=O)N[C@H]3CCNC(C)C3)sc3nccc1c23. The number of piperidine rings is 1. The van der Waals surface area contributed by atoms with E-state index in [-0.39, 0.29) is 18.0 Å². The van der Waals surface area contributed by atoms with Gasteiger partial charge in [-0.1, -0.05) is 18.2 Å². The molecule has 0 spiro atoms. The van der Waals surface area contributed by atoms with Crippen molar-refractivity contribution in [1.29, 1.82) is 0 Å². The first-order valence-electron chi connectivity index (χ1n) is 12.4. The van der Waals surface area contributed by atoms with Crippen LogP contribution in [0.1, 0.15) is 35.0 Å².